The predicted molar refractivity (Wildman–Crippen MR) is 114 cm³/mol. The molecule has 1 aromatic carbocycles. The summed E-state index contributed by atoms with van der Waals surface area (Å²) in [5.74, 6) is -0.0947. The Kier molecular flexibility index (Phi) is 7.55. The number of β-amino-alcohol motifs (C(OH)–C–C–N with tert-alkyl or cyclic N) is 1. The lowest BCUT2D eigenvalue weighted by molar-refractivity contribution is -0.161. The minimum atomic E-state index is -0.592. The Morgan fingerprint density at radius 3 is 2.77 bits per heavy atom. The summed E-state index contributed by atoms with van der Waals surface area (Å²) in [5.41, 5.74) is 0.875. The van der Waals surface area contributed by atoms with Crippen molar-refractivity contribution in [3.63, 3.8) is 0 Å². The van der Waals surface area contributed by atoms with Crippen molar-refractivity contribution in [2.45, 2.75) is 50.2 Å². The summed E-state index contributed by atoms with van der Waals surface area (Å²) in [6, 6.07) is 6.66. The molecule has 0 aliphatic carbocycles. The van der Waals surface area contributed by atoms with Crippen LogP contribution >= 0.6 is 0 Å². The number of amides is 1. The molecule has 3 saturated heterocycles. The molecule has 0 bridgehead atoms. The maximum absolute atomic E-state index is 13.7. The first-order valence-electron chi connectivity index (χ1n) is 11.3. The van der Waals surface area contributed by atoms with Crippen LogP contribution in [0.3, 0.4) is 0 Å². The number of carbonyl (C=O) groups is 1. The third kappa shape index (κ3) is 6.02. The molecule has 1 aromatic rings. The fourth-order valence-electron chi connectivity index (χ4n) is 4.88. The average molecular weight is 436 g/mol. The number of likely N-dealkylation sites (N-methyl/N-ethyl adjacent to an activating group) is 1. The molecule has 0 spiro atoms. The van der Waals surface area contributed by atoms with E-state index in [2.05, 4.69) is 16.8 Å². The third-order valence-electron chi connectivity index (χ3n) is 6.62. The number of nitrogens with zero attached hydrogens (tertiary/aromatic N) is 3. The monoisotopic (exact) mass is 435 g/mol. The number of rotatable bonds is 4. The minimum Gasteiger partial charge on any atom is -0.389 e. The molecule has 3 heterocycles. The van der Waals surface area contributed by atoms with E-state index in [0.717, 1.165) is 44.6 Å². The fraction of sp³-hybridized carbons (Fsp3) is 0.696. The number of benzene rings is 1. The van der Waals surface area contributed by atoms with E-state index in [0.29, 0.717) is 26.1 Å². The summed E-state index contributed by atoms with van der Waals surface area (Å²) in [5, 5.41) is 10.3. The van der Waals surface area contributed by atoms with Crippen molar-refractivity contribution in [1.29, 1.82) is 0 Å². The molecule has 7 nitrogen and oxygen atoms in total. The summed E-state index contributed by atoms with van der Waals surface area (Å²) >= 11 is 0. The van der Waals surface area contributed by atoms with Crippen molar-refractivity contribution in [3.05, 3.63) is 35.6 Å². The van der Waals surface area contributed by atoms with Crippen LogP contribution in [0.2, 0.25) is 0 Å². The maximum atomic E-state index is 13.7. The molecule has 4 rings (SSSR count). The summed E-state index contributed by atoms with van der Waals surface area (Å²) in [6.07, 6.45) is 1.18. The Bertz CT molecular complexity index is 743. The summed E-state index contributed by atoms with van der Waals surface area (Å²) in [6.45, 7) is 5.00. The van der Waals surface area contributed by atoms with Gasteiger partial charge in [0.15, 0.2) is 0 Å². The Morgan fingerprint density at radius 2 is 2.00 bits per heavy atom. The zero-order valence-corrected chi connectivity index (χ0v) is 18.3. The van der Waals surface area contributed by atoms with E-state index in [9.17, 15) is 14.3 Å². The van der Waals surface area contributed by atoms with Crippen LogP contribution in [0.1, 0.15) is 24.8 Å². The standard InChI is InChI=1S/C23H34FN3O4/c1-25-7-9-26(10-8-25)23(29)12-20-5-6-21-22(31-20)16-30-15-19(28)14-27(21)13-17-3-2-4-18(24)11-17/h2-4,11,19-22,28H,5-10,12-16H2,1H3/t19-,20+,21+,22-/m1/s1. The van der Waals surface area contributed by atoms with Crippen LogP contribution in [-0.4, -0.2) is 103 Å². The molecule has 1 amide bonds. The fourth-order valence-corrected chi connectivity index (χ4v) is 4.88. The highest BCUT2D eigenvalue weighted by Crippen LogP contribution is 2.29. The second-order valence-corrected chi connectivity index (χ2v) is 9.08. The third-order valence-corrected chi connectivity index (χ3v) is 6.62. The Morgan fingerprint density at radius 1 is 1.19 bits per heavy atom. The molecule has 0 radical (unpaired) electrons. The van der Waals surface area contributed by atoms with Gasteiger partial charge in [0.25, 0.3) is 0 Å². The van der Waals surface area contributed by atoms with E-state index >= 15 is 0 Å². The van der Waals surface area contributed by atoms with Gasteiger partial charge < -0.3 is 24.4 Å². The van der Waals surface area contributed by atoms with E-state index in [4.69, 9.17) is 9.47 Å². The van der Waals surface area contributed by atoms with Gasteiger partial charge in [0, 0.05) is 45.3 Å². The van der Waals surface area contributed by atoms with Gasteiger partial charge in [-0.2, -0.15) is 0 Å². The van der Waals surface area contributed by atoms with E-state index in [1.807, 2.05) is 11.0 Å². The molecule has 0 unspecified atom stereocenters. The highest BCUT2D eigenvalue weighted by atomic mass is 19.1. The van der Waals surface area contributed by atoms with Gasteiger partial charge >= 0.3 is 0 Å². The minimum absolute atomic E-state index is 0.0632. The van der Waals surface area contributed by atoms with Crippen molar-refractivity contribution in [1.82, 2.24) is 14.7 Å². The highest BCUT2D eigenvalue weighted by molar-refractivity contribution is 5.76. The smallest absolute Gasteiger partial charge is 0.225 e. The summed E-state index contributed by atoms with van der Waals surface area (Å²) < 4.78 is 25.7. The molecule has 1 N–H and O–H groups in total. The number of hydrogen-bond donors (Lipinski definition) is 1. The number of halogens is 1. The van der Waals surface area contributed by atoms with Crippen molar-refractivity contribution in [3.8, 4) is 0 Å². The number of aliphatic hydroxyl groups excluding tert-OH is 1. The van der Waals surface area contributed by atoms with Crippen molar-refractivity contribution in [2.24, 2.45) is 0 Å². The van der Waals surface area contributed by atoms with Gasteiger partial charge in [-0.05, 0) is 37.6 Å². The number of piperazine rings is 1. The van der Waals surface area contributed by atoms with Crippen LogP contribution in [0.4, 0.5) is 4.39 Å². The second kappa shape index (κ2) is 10.4. The van der Waals surface area contributed by atoms with Crippen molar-refractivity contribution >= 4 is 5.91 Å². The van der Waals surface area contributed by atoms with Crippen molar-refractivity contribution in [2.75, 3.05) is 53.0 Å². The lowest BCUT2D eigenvalue weighted by Gasteiger charge is -2.45. The Balaban J connectivity index is 1.38. The molecule has 172 valence electrons. The normalized spacial score (nSPS) is 31.0. The van der Waals surface area contributed by atoms with E-state index < -0.39 is 6.10 Å². The molecule has 0 saturated carbocycles. The number of aliphatic hydroxyl groups is 1. The predicted octanol–water partition coefficient (Wildman–Crippen LogP) is 1.10. The molecule has 3 fully saturated rings. The number of ether oxygens (including phenoxy) is 2. The van der Waals surface area contributed by atoms with Gasteiger partial charge in [-0.1, -0.05) is 12.1 Å². The van der Waals surface area contributed by atoms with Gasteiger partial charge in [0.2, 0.25) is 5.91 Å². The van der Waals surface area contributed by atoms with Crippen LogP contribution in [0.5, 0.6) is 0 Å². The molecular weight excluding hydrogens is 401 g/mol. The topological polar surface area (TPSA) is 65.5 Å². The van der Waals surface area contributed by atoms with E-state index in [1.165, 1.54) is 12.1 Å². The first kappa shape index (κ1) is 22.6. The number of carbonyl (C=O) groups excluding carboxylic acids is 1. The van der Waals surface area contributed by atoms with Crippen molar-refractivity contribution < 1.29 is 23.8 Å². The van der Waals surface area contributed by atoms with Gasteiger partial charge in [0.05, 0.1) is 37.9 Å². The summed E-state index contributed by atoms with van der Waals surface area (Å²) in [7, 11) is 2.08. The van der Waals surface area contributed by atoms with Gasteiger partial charge in [-0.25, -0.2) is 4.39 Å². The average Bonchev–Trinajstić information content (AvgIpc) is 2.73. The molecule has 4 atom stereocenters. The molecule has 3 aliphatic heterocycles. The second-order valence-electron chi connectivity index (χ2n) is 9.08. The molecule has 31 heavy (non-hydrogen) atoms. The Labute approximate surface area is 183 Å². The lowest BCUT2D eigenvalue weighted by atomic mass is 9.94. The first-order chi connectivity index (χ1) is 15.0. The maximum Gasteiger partial charge on any atom is 0.225 e. The lowest BCUT2D eigenvalue weighted by Crippen LogP contribution is -2.55. The van der Waals surface area contributed by atoms with Gasteiger partial charge in [0.1, 0.15) is 5.82 Å². The van der Waals surface area contributed by atoms with Crippen LogP contribution in [0.25, 0.3) is 0 Å². The quantitative estimate of drug-likeness (QED) is 0.764. The van der Waals surface area contributed by atoms with Crippen LogP contribution < -0.4 is 0 Å². The van der Waals surface area contributed by atoms with Crippen LogP contribution in [0.15, 0.2) is 24.3 Å². The van der Waals surface area contributed by atoms with Crippen LogP contribution in [-0.2, 0) is 20.8 Å². The van der Waals surface area contributed by atoms with Gasteiger partial charge in [-0.3, -0.25) is 9.69 Å². The first-order valence-corrected chi connectivity index (χ1v) is 11.3. The molecule has 0 aromatic heterocycles. The molecule has 3 aliphatic rings. The SMILES string of the molecule is CN1CCN(C(=O)C[C@@H]2CC[C@H]3[C@@H](COC[C@H](O)CN3Cc3cccc(F)c3)O2)CC1. The largest absolute Gasteiger partial charge is 0.389 e. The van der Waals surface area contributed by atoms with E-state index in [1.54, 1.807) is 6.07 Å². The zero-order valence-electron chi connectivity index (χ0n) is 18.3. The molecule has 8 heteroatoms. The molecular formula is C23H34FN3O4. The van der Waals surface area contributed by atoms with E-state index in [-0.39, 0.29) is 36.6 Å². The number of fused-ring (bicyclic) bond motifs is 1. The Hall–Kier alpha value is -1.58. The number of hydrogen-bond acceptors (Lipinski definition) is 6. The summed E-state index contributed by atoms with van der Waals surface area (Å²) in [4.78, 5) is 19.1. The van der Waals surface area contributed by atoms with Crippen LogP contribution in [0, 0.1) is 5.82 Å². The van der Waals surface area contributed by atoms with Gasteiger partial charge in [-0.15, -0.1) is 0 Å². The zero-order chi connectivity index (χ0) is 21.8. The highest BCUT2D eigenvalue weighted by Gasteiger charge is 2.38.